The molecule has 2 aromatic heterocycles. The van der Waals surface area contributed by atoms with Crippen LogP contribution in [0.15, 0.2) is 35.1 Å². The van der Waals surface area contributed by atoms with Crippen LogP contribution in [-0.2, 0) is 6.54 Å². The smallest absolute Gasteiger partial charge is 0.256 e. The molecule has 100 valence electrons. The van der Waals surface area contributed by atoms with Gasteiger partial charge in [0.2, 0.25) is 0 Å². The summed E-state index contributed by atoms with van der Waals surface area (Å²) in [4.78, 5) is 19.3. The Kier molecular flexibility index (Phi) is 3.94. The normalized spacial score (nSPS) is 11.1. The minimum Gasteiger partial charge on any atom is -0.313 e. The molecule has 1 N–H and O–H groups in total. The van der Waals surface area contributed by atoms with Gasteiger partial charge in [0.05, 0.1) is 0 Å². The first-order valence-electron chi connectivity index (χ1n) is 5.83. The molecule has 3 aromatic rings. The van der Waals surface area contributed by atoms with Crippen LogP contribution in [0.3, 0.4) is 0 Å². The largest absolute Gasteiger partial charge is 0.313 e. The van der Waals surface area contributed by atoms with E-state index in [0.29, 0.717) is 0 Å². The van der Waals surface area contributed by atoms with Gasteiger partial charge < -0.3 is 9.88 Å². The molecule has 0 aliphatic heterocycles. The van der Waals surface area contributed by atoms with Crippen LogP contribution >= 0.6 is 23.7 Å². The number of benzene rings is 1. The van der Waals surface area contributed by atoms with Crippen molar-refractivity contribution in [2.24, 2.45) is 0 Å². The molecule has 0 unspecified atom stereocenters. The van der Waals surface area contributed by atoms with Gasteiger partial charge in [-0.15, -0.1) is 23.7 Å². The fourth-order valence-electron chi connectivity index (χ4n) is 2.21. The number of pyridine rings is 1. The van der Waals surface area contributed by atoms with E-state index in [0.717, 1.165) is 27.5 Å². The zero-order valence-corrected chi connectivity index (χ0v) is 12.4. The number of hydrogen-bond acceptors (Lipinski definition) is 3. The first kappa shape index (κ1) is 14.1. The summed E-state index contributed by atoms with van der Waals surface area (Å²) in [5, 5.41) is 2.95. The molecule has 3 nitrogen and oxygen atoms in total. The van der Waals surface area contributed by atoms with E-state index in [4.69, 9.17) is 0 Å². The van der Waals surface area contributed by atoms with E-state index in [9.17, 15) is 4.79 Å². The molecule has 0 radical (unpaired) electrons. The molecule has 3 rings (SSSR count). The average molecular weight is 295 g/mol. The van der Waals surface area contributed by atoms with E-state index in [1.54, 1.807) is 11.3 Å². The van der Waals surface area contributed by atoms with Crippen LogP contribution < -0.4 is 5.56 Å². The van der Waals surface area contributed by atoms with Gasteiger partial charge in [-0.3, -0.25) is 4.79 Å². The first-order valence-corrected chi connectivity index (χ1v) is 6.65. The van der Waals surface area contributed by atoms with Crippen LogP contribution in [0.2, 0.25) is 0 Å². The highest BCUT2D eigenvalue weighted by atomic mass is 35.5. The van der Waals surface area contributed by atoms with Crippen molar-refractivity contribution < 1.29 is 0 Å². The number of aromatic nitrogens is 1. The standard InChI is InChI=1S/C14H14N2OS.ClH/c1-16(2)8-9-7-12-10-5-3-4-6-11(10)13(17)15-14(12)18-9;/h3-7H,8H2,1-2H3,(H,15,17);1H. The number of hydrogen-bond donors (Lipinski definition) is 1. The van der Waals surface area contributed by atoms with Crippen molar-refractivity contribution in [2.75, 3.05) is 14.1 Å². The van der Waals surface area contributed by atoms with Crippen LogP contribution in [-0.4, -0.2) is 24.0 Å². The van der Waals surface area contributed by atoms with E-state index in [1.165, 1.54) is 4.88 Å². The minimum atomic E-state index is -0.00338. The van der Waals surface area contributed by atoms with Gasteiger partial charge >= 0.3 is 0 Å². The Morgan fingerprint density at radius 1 is 1.16 bits per heavy atom. The predicted octanol–water partition coefficient (Wildman–Crippen LogP) is 3.23. The molecule has 19 heavy (non-hydrogen) atoms. The van der Waals surface area contributed by atoms with Crippen LogP contribution in [0.25, 0.3) is 21.0 Å². The zero-order valence-electron chi connectivity index (χ0n) is 10.8. The predicted molar refractivity (Wildman–Crippen MR) is 84.6 cm³/mol. The highest BCUT2D eigenvalue weighted by molar-refractivity contribution is 7.18. The van der Waals surface area contributed by atoms with Gasteiger partial charge in [0.15, 0.2) is 0 Å². The molecule has 0 saturated carbocycles. The molecule has 2 heterocycles. The molecule has 0 saturated heterocycles. The lowest BCUT2D eigenvalue weighted by Crippen LogP contribution is -2.09. The van der Waals surface area contributed by atoms with Crippen molar-refractivity contribution in [3.8, 4) is 0 Å². The van der Waals surface area contributed by atoms with Crippen molar-refractivity contribution >= 4 is 44.7 Å². The third-order valence-corrected chi connectivity index (χ3v) is 3.98. The highest BCUT2D eigenvalue weighted by Crippen LogP contribution is 2.28. The fraction of sp³-hybridized carbons (Fsp3) is 0.214. The Balaban J connectivity index is 0.00000133. The van der Waals surface area contributed by atoms with Crippen LogP contribution in [0.4, 0.5) is 0 Å². The number of fused-ring (bicyclic) bond motifs is 3. The van der Waals surface area contributed by atoms with Gasteiger partial charge in [0.1, 0.15) is 4.83 Å². The van der Waals surface area contributed by atoms with Gasteiger partial charge in [-0.2, -0.15) is 0 Å². The summed E-state index contributed by atoms with van der Waals surface area (Å²) in [5.41, 5.74) is -0.00338. The molecule has 0 atom stereocenters. The van der Waals surface area contributed by atoms with E-state index in [2.05, 4.69) is 16.0 Å². The molecular weight excluding hydrogens is 280 g/mol. The van der Waals surface area contributed by atoms with Crippen molar-refractivity contribution in [1.82, 2.24) is 9.88 Å². The molecule has 0 fully saturated rings. The van der Waals surface area contributed by atoms with Crippen molar-refractivity contribution in [2.45, 2.75) is 6.54 Å². The maximum atomic E-state index is 12.0. The summed E-state index contributed by atoms with van der Waals surface area (Å²) in [6.07, 6.45) is 0. The number of nitrogens with zero attached hydrogens (tertiary/aromatic N) is 1. The SMILES string of the molecule is CN(C)Cc1cc2c([nH]c(=O)c3ccccc32)s1.Cl. The molecule has 1 aromatic carbocycles. The topological polar surface area (TPSA) is 36.1 Å². The van der Waals surface area contributed by atoms with Gasteiger partial charge in [-0.05, 0) is 31.6 Å². The second kappa shape index (κ2) is 5.33. The second-order valence-electron chi connectivity index (χ2n) is 4.69. The Morgan fingerprint density at radius 2 is 1.84 bits per heavy atom. The quantitative estimate of drug-likeness (QED) is 0.788. The maximum absolute atomic E-state index is 12.0. The summed E-state index contributed by atoms with van der Waals surface area (Å²) in [6, 6.07) is 9.94. The molecule has 0 spiro atoms. The van der Waals surface area contributed by atoms with Crippen molar-refractivity contribution in [3.63, 3.8) is 0 Å². The molecule has 0 amide bonds. The Bertz CT molecular complexity index is 776. The van der Waals surface area contributed by atoms with E-state index >= 15 is 0 Å². The lowest BCUT2D eigenvalue weighted by Gasteiger charge is -2.05. The summed E-state index contributed by atoms with van der Waals surface area (Å²) in [5.74, 6) is 0. The molecule has 5 heteroatoms. The van der Waals surface area contributed by atoms with E-state index in [1.807, 2.05) is 38.4 Å². The third-order valence-electron chi connectivity index (χ3n) is 2.94. The van der Waals surface area contributed by atoms with E-state index in [-0.39, 0.29) is 18.0 Å². The molecule has 0 aliphatic carbocycles. The Labute approximate surface area is 121 Å². The number of aromatic amines is 1. The van der Waals surface area contributed by atoms with Crippen molar-refractivity contribution in [1.29, 1.82) is 0 Å². The van der Waals surface area contributed by atoms with Gasteiger partial charge in [-0.25, -0.2) is 0 Å². The second-order valence-corrected chi connectivity index (χ2v) is 5.83. The fourth-order valence-corrected chi connectivity index (χ4v) is 3.40. The summed E-state index contributed by atoms with van der Waals surface area (Å²) >= 11 is 1.66. The Hall–Kier alpha value is -1.36. The lowest BCUT2D eigenvalue weighted by atomic mass is 10.1. The monoisotopic (exact) mass is 294 g/mol. The average Bonchev–Trinajstić information content (AvgIpc) is 2.71. The summed E-state index contributed by atoms with van der Waals surface area (Å²) < 4.78 is 0. The third kappa shape index (κ3) is 2.52. The van der Waals surface area contributed by atoms with Crippen LogP contribution in [0.5, 0.6) is 0 Å². The van der Waals surface area contributed by atoms with Gasteiger partial charge in [-0.1, -0.05) is 18.2 Å². The number of nitrogens with one attached hydrogen (secondary N) is 1. The van der Waals surface area contributed by atoms with Crippen LogP contribution in [0.1, 0.15) is 4.88 Å². The highest BCUT2D eigenvalue weighted by Gasteiger charge is 2.08. The molecular formula is C14H15ClN2OS. The minimum absolute atomic E-state index is 0. The first-order chi connectivity index (χ1) is 8.65. The van der Waals surface area contributed by atoms with Gasteiger partial charge in [0.25, 0.3) is 5.56 Å². The van der Waals surface area contributed by atoms with Gasteiger partial charge in [0, 0.05) is 22.2 Å². The van der Waals surface area contributed by atoms with E-state index < -0.39 is 0 Å². The Morgan fingerprint density at radius 3 is 2.53 bits per heavy atom. The number of H-pyrrole nitrogens is 1. The maximum Gasteiger partial charge on any atom is 0.256 e. The summed E-state index contributed by atoms with van der Waals surface area (Å²) in [7, 11) is 4.09. The molecule has 0 aliphatic rings. The summed E-state index contributed by atoms with van der Waals surface area (Å²) in [6.45, 7) is 0.899. The number of thiophene rings is 1. The zero-order chi connectivity index (χ0) is 12.7. The van der Waals surface area contributed by atoms with Crippen LogP contribution in [0, 0.1) is 0 Å². The number of halogens is 1. The van der Waals surface area contributed by atoms with Crippen molar-refractivity contribution in [3.05, 3.63) is 45.6 Å². The molecule has 0 bridgehead atoms. The lowest BCUT2D eigenvalue weighted by molar-refractivity contribution is 0.406. The number of rotatable bonds is 2.